The van der Waals surface area contributed by atoms with Gasteiger partial charge in [-0.2, -0.15) is 5.10 Å². The number of hydrogen-bond donors (Lipinski definition) is 2. The molecule has 1 aromatic carbocycles. The molecule has 102 valence electrons. The molecule has 1 aromatic rings. The minimum atomic E-state index is -0.719. The highest BCUT2D eigenvalue weighted by molar-refractivity contribution is 14.1. The van der Waals surface area contributed by atoms with Crippen molar-refractivity contribution in [3.63, 3.8) is 0 Å². The van der Waals surface area contributed by atoms with Gasteiger partial charge in [0, 0.05) is 0 Å². The van der Waals surface area contributed by atoms with Crippen molar-refractivity contribution in [1.29, 1.82) is 0 Å². The van der Waals surface area contributed by atoms with Crippen LogP contribution in [0.15, 0.2) is 29.9 Å². The van der Waals surface area contributed by atoms with Crippen molar-refractivity contribution in [1.82, 2.24) is 5.43 Å². The van der Waals surface area contributed by atoms with E-state index < -0.39 is 6.03 Å². The Morgan fingerprint density at radius 2 is 2.37 bits per heavy atom. The van der Waals surface area contributed by atoms with Gasteiger partial charge in [-0.05, 0) is 40.3 Å². The number of methoxy groups -OCH3 is 1. The normalized spacial score (nSPS) is 10.2. The molecule has 3 N–H and O–H groups in total. The van der Waals surface area contributed by atoms with Gasteiger partial charge in [0.05, 0.1) is 16.9 Å². The SMILES string of the molecule is C=CCOc1c(I)cc(/C=N/NC(N)=O)cc1OC. The Bertz CT molecular complexity index is 503. The second kappa shape index (κ2) is 7.62. The summed E-state index contributed by atoms with van der Waals surface area (Å²) in [5.41, 5.74) is 7.77. The van der Waals surface area contributed by atoms with Gasteiger partial charge in [0.2, 0.25) is 0 Å². The maximum absolute atomic E-state index is 10.5. The van der Waals surface area contributed by atoms with Gasteiger partial charge in [-0.1, -0.05) is 12.7 Å². The molecule has 0 fully saturated rings. The summed E-state index contributed by atoms with van der Waals surface area (Å²) < 4.78 is 11.6. The predicted molar refractivity (Wildman–Crippen MR) is 81.7 cm³/mol. The molecule has 0 spiro atoms. The molecule has 0 aromatic heterocycles. The van der Waals surface area contributed by atoms with Gasteiger partial charge in [0.25, 0.3) is 0 Å². The Morgan fingerprint density at radius 3 is 2.95 bits per heavy atom. The van der Waals surface area contributed by atoms with Crippen LogP contribution in [0.25, 0.3) is 0 Å². The number of urea groups is 1. The average molecular weight is 375 g/mol. The molecule has 0 heterocycles. The molecule has 0 aliphatic heterocycles. The summed E-state index contributed by atoms with van der Waals surface area (Å²) >= 11 is 2.13. The van der Waals surface area contributed by atoms with Crippen molar-refractivity contribution in [2.75, 3.05) is 13.7 Å². The molecule has 0 aliphatic rings. The number of benzene rings is 1. The van der Waals surface area contributed by atoms with Crippen LogP contribution in [0, 0.1) is 3.57 Å². The number of nitrogens with one attached hydrogen (secondary N) is 1. The molecule has 7 heteroatoms. The molecule has 2 amide bonds. The minimum absolute atomic E-state index is 0.392. The third kappa shape index (κ3) is 4.78. The van der Waals surface area contributed by atoms with E-state index >= 15 is 0 Å². The molecule has 0 unspecified atom stereocenters. The molecular weight excluding hydrogens is 361 g/mol. The third-order valence-corrected chi connectivity index (χ3v) is 2.79. The summed E-state index contributed by atoms with van der Waals surface area (Å²) in [6, 6.07) is 2.87. The van der Waals surface area contributed by atoms with Crippen LogP contribution < -0.4 is 20.6 Å². The van der Waals surface area contributed by atoms with Gasteiger partial charge in [-0.25, -0.2) is 10.2 Å². The average Bonchev–Trinajstić information content (AvgIpc) is 2.36. The first-order chi connectivity index (χ1) is 9.08. The van der Waals surface area contributed by atoms with Crippen LogP contribution in [0.1, 0.15) is 5.56 Å². The van der Waals surface area contributed by atoms with Crippen LogP contribution in [0.3, 0.4) is 0 Å². The van der Waals surface area contributed by atoms with E-state index in [2.05, 4.69) is 39.7 Å². The quantitative estimate of drug-likeness (QED) is 0.345. The number of carbonyl (C=O) groups excluding carboxylic acids is 1. The monoisotopic (exact) mass is 375 g/mol. The summed E-state index contributed by atoms with van der Waals surface area (Å²) in [5, 5.41) is 3.68. The number of rotatable bonds is 6. The lowest BCUT2D eigenvalue weighted by atomic mass is 10.2. The van der Waals surface area contributed by atoms with Crippen LogP contribution in [0.4, 0.5) is 4.79 Å². The topological polar surface area (TPSA) is 85.9 Å². The molecule has 0 aliphatic carbocycles. The summed E-state index contributed by atoms with van der Waals surface area (Å²) in [6.45, 7) is 3.99. The summed E-state index contributed by atoms with van der Waals surface area (Å²) in [4.78, 5) is 10.5. The molecule has 0 saturated heterocycles. The van der Waals surface area contributed by atoms with Crippen molar-refractivity contribution in [2.24, 2.45) is 10.8 Å². The minimum Gasteiger partial charge on any atom is -0.493 e. The zero-order valence-corrected chi connectivity index (χ0v) is 12.5. The van der Waals surface area contributed by atoms with Crippen molar-refractivity contribution < 1.29 is 14.3 Å². The van der Waals surface area contributed by atoms with E-state index in [1.807, 2.05) is 6.07 Å². The number of hydrazone groups is 1. The predicted octanol–water partition coefficient (Wildman–Crippen LogP) is 1.87. The van der Waals surface area contributed by atoms with Gasteiger partial charge < -0.3 is 15.2 Å². The Kier molecular flexibility index (Phi) is 6.13. The molecule has 1 rings (SSSR count). The number of ether oxygens (including phenoxy) is 2. The van der Waals surface area contributed by atoms with Gasteiger partial charge >= 0.3 is 6.03 Å². The van der Waals surface area contributed by atoms with Crippen LogP contribution >= 0.6 is 22.6 Å². The largest absolute Gasteiger partial charge is 0.493 e. The van der Waals surface area contributed by atoms with E-state index in [1.165, 1.54) is 6.21 Å². The number of amides is 2. The van der Waals surface area contributed by atoms with E-state index in [-0.39, 0.29) is 0 Å². The van der Waals surface area contributed by atoms with E-state index in [1.54, 1.807) is 19.3 Å². The lowest BCUT2D eigenvalue weighted by Gasteiger charge is -2.12. The van der Waals surface area contributed by atoms with Crippen molar-refractivity contribution in [3.05, 3.63) is 33.9 Å². The zero-order valence-electron chi connectivity index (χ0n) is 10.4. The number of hydrogen-bond acceptors (Lipinski definition) is 4. The summed E-state index contributed by atoms with van der Waals surface area (Å²) in [6.07, 6.45) is 3.12. The molecule has 0 saturated carbocycles. The Morgan fingerprint density at radius 1 is 1.63 bits per heavy atom. The van der Waals surface area contributed by atoms with E-state index in [0.717, 1.165) is 9.13 Å². The highest BCUT2D eigenvalue weighted by atomic mass is 127. The summed E-state index contributed by atoms with van der Waals surface area (Å²) in [7, 11) is 1.55. The van der Waals surface area contributed by atoms with Crippen molar-refractivity contribution >= 4 is 34.8 Å². The first-order valence-corrected chi connectivity index (χ1v) is 6.36. The number of halogens is 1. The second-order valence-corrected chi connectivity index (χ2v) is 4.53. The fourth-order valence-corrected chi connectivity index (χ4v) is 2.05. The zero-order chi connectivity index (χ0) is 14.3. The van der Waals surface area contributed by atoms with Gasteiger partial charge in [0.1, 0.15) is 6.61 Å². The smallest absolute Gasteiger partial charge is 0.332 e. The number of nitrogens with two attached hydrogens (primary N) is 1. The Labute approximate surface area is 124 Å². The Balaban J connectivity index is 2.98. The van der Waals surface area contributed by atoms with Crippen LogP contribution in [0.5, 0.6) is 11.5 Å². The molecule has 6 nitrogen and oxygen atoms in total. The lowest BCUT2D eigenvalue weighted by Crippen LogP contribution is -2.24. The summed E-state index contributed by atoms with van der Waals surface area (Å²) in [5.74, 6) is 1.22. The van der Waals surface area contributed by atoms with E-state index in [0.29, 0.717) is 18.1 Å². The highest BCUT2D eigenvalue weighted by Crippen LogP contribution is 2.33. The molecule has 0 atom stereocenters. The first kappa shape index (κ1) is 15.3. The van der Waals surface area contributed by atoms with Crippen LogP contribution in [0.2, 0.25) is 0 Å². The van der Waals surface area contributed by atoms with Crippen LogP contribution in [-0.4, -0.2) is 26.0 Å². The maximum Gasteiger partial charge on any atom is 0.332 e. The highest BCUT2D eigenvalue weighted by Gasteiger charge is 2.10. The fraction of sp³-hybridized carbons (Fsp3) is 0.167. The third-order valence-electron chi connectivity index (χ3n) is 1.99. The lowest BCUT2D eigenvalue weighted by molar-refractivity contribution is 0.249. The number of primary amides is 1. The maximum atomic E-state index is 10.5. The molecule has 0 bridgehead atoms. The molecular formula is C12H14IN3O3. The standard InChI is InChI=1S/C12H14IN3O3/c1-3-4-19-11-9(13)5-8(6-10(11)18-2)7-15-16-12(14)17/h3,5-7H,1,4H2,2H3,(H3,14,16,17)/b15-7+. The van der Waals surface area contributed by atoms with E-state index in [9.17, 15) is 4.79 Å². The van der Waals surface area contributed by atoms with Gasteiger partial charge in [-0.3, -0.25) is 0 Å². The Hall–Kier alpha value is -1.77. The van der Waals surface area contributed by atoms with Gasteiger partial charge in [-0.15, -0.1) is 0 Å². The van der Waals surface area contributed by atoms with E-state index in [4.69, 9.17) is 15.2 Å². The van der Waals surface area contributed by atoms with Crippen molar-refractivity contribution in [3.8, 4) is 11.5 Å². The fourth-order valence-electron chi connectivity index (χ4n) is 1.27. The molecule has 0 radical (unpaired) electrons. The van der Waals surface area contributed by atoms with Crippen molar-refractivity contribution in [2.45, 2.75) is 0 Å². The number of carbonyl (C=O) groups is 1. The second-order valence-electron chi connectivity index (χ2n) is 3.37. The van der Waals surface area contributed by atoms with Crippen LogP contribution in [-0.2, 0) is 0 Å². The number of nitrogens with zero attached hydrogens (tertiary/aromatic N) is 1. The van der Waals surface area contributed by atoms with Gasteiger partial charge in [0.15, 0.2) is 11.5 Å². The first-order valence-electron chi connectivity index (χ1n) is 5.28. The molecule has 19 heavy (non-hydrogen) atoms.